The maximum atomic E-state index is 12.8. The SMILES string of the molecule is Cc1c(C2CCN(C(=O)CN3CCCC3)CC2)sc2[nH]c(-c3cc(C)c4ncnn4c3)c(C(C)C)c12. The van der Waals surface area contributed by atoms with E-state index in [-0.39, 0.29) is 0 Å². The number of pyridine rings is 1. The first-order valence-electron chi connectivity index (χ1n) is 13.4. The number of hydrogen-bond acceptors (Lipinski definition) is 5. The molecule has 0 aliphatic carbocycles. The molecule has 0 spiro atoms. The molecule has 0 unspecified atom stereocenters. The molecule has 0 saturated carbocycles. The second kappa shape index (κ2) is 9.30. The lowest BCUT2D eigenvalue weighted by Gasteiger charge is -2.33. The summed E-state index contributed by atoms with van der Waals surface area (Å²) in [6, 6.07) is 2.22. The first-order valence-corrected chi connectivity index (χ1v) is 14.2. The Morgan fingerprint density at radius 2 is 1.92 bits per heavy atom. The minimum absolute atomic E-state index is 0.316. The molecule has 6 heterocycles. The number of amides is 1. The number of aromatic amines is 1. The fraction of sp³-hybridized carbons (Fsp3) is 0.536. The van der Waals surface area contributed by atoms with Crippen LogP contribution in [0.5, 0.6) is 0 Å². The minimum Gasteiger partial charge on any atom is -0.346 e. The highest BCUT2D eigenvalue weighted by Gasteiger charge is 2.30. The van der Waals surface area contributed by atoms with Gasteiger partial charge in [0.05, 0.1) is 12.2 Å². The largest absolute Gasteiger partial charge is 0.346 e. The molecule has 0 radical (unpaired) electrons. The summed E-state index contributed by atoms with van der Waals surface area (Å²) in [5, 5.41) is 5.78. The van der Waals surface area contributed by atoms with Crippen molar-refractivity contribution >= 4 is 33.1 Å². The molecule has 0 bridgehead atoms. The lowest BCUT2D eigenvalue weighted by Crippen LogP contribution is -2.43. The number of hydrogen-bond donors (Lipinski definition) is 1. The highest BCUT2D eigenvalue weighted by molar-refractivity contribution is 7.19. The third-order valence-corrected chi connectivity index (χ3v) is 9.53. The lowest BCUT2D eigenvalue weighted by atomic mass is 9.90. The summed E-state index contributed by atoms with van der Waals surface area (Å²) in [5.74, 6) is 1.24. The van der Waals surface area contributed by atoms with E-state index in [2.05, 4.69) is 64.8 Å². The Morgan fingerprint density at radius 1 is 1.17 bits per heavy atom. The number of piperidine rings is 1. The van der Waals surface area contributed by atoms with Gasteiger partial charge in [-0.05, 0) is 87.2 Å². The topological polar surface area (TPSA) is 69.5 Å². The van der Waals surface area contributed by atoms with Gasteiger partial charge < -0.3 is 9.88 Å². The van der Waals surface area contributed by atoms with Gasteiger partial charge in [-0.25, -0.2) is 9.50 Å². The number of carbonyl (C=O) groups is 1. The van der Waals surface area contributed by atoms with Crippen LogP contribution in [0.1, 0.15) is 72.9 Å². The molecular weight excluding hydrogens is 468 g/mol. The van der Waals surface area contributed by atoms with Crippen molar-refractivity contribution in [3.63, 3.8) is 0 Å². The number of fused-ring (bicyclic) bond motifs is 2. The zero-order chi connectivity index (χ0) is 25.0. The van der Waals surface area contributed by atoms with E-state index < -0.39 is 0 Å². The second-order valence-corrected chi connectivity index (χ2v) is 12.0. The van der Waals surface area contributed by atoms with Crippen LogP contribution in [-0.4, -0.2) is 68.0 Å². The number of rotatable bonds is 5. The quantitative estimate of drug-likeness (QED) is 0.391. The third kappa shape index (κ3) is 4.04. The Balaban J connectivity index is 1.27. The molecule has 4 aromatic rings. The first-order chi connectivity index (χ1) is 17.4. The maximum absolute atomic E-state index is 12.8. The van der Waals surface area contributed by atoms with Crippen LogP contribution in [0.25, 0.3) is 27.1 Å². The number of aryl methyl sites for hydroxylation is 2. The Hall–Kier alpha value is -2.71. The predicted molar refractivity (Wildman–Crippen MR) is 146 cm³/mol. The Bertz CT molecular complexity index is 1410. The maximum Gasteiger partial charge on any atom is 0.236 e. The molecule has 0 atom stereocenters. The summed E-state index contributed by atoms with van der Waals surface area (Å²) in [4.78, 5) is 28.2. The number of thiophene rings is 1. The number of carbonyl (C=O) groups excluding carboxylic acids is 1. The zero-order valence-corrected chi connectivity index (χ0v) is 22.6. The van der Waals surface area contributed by atoms with Gasteiger partial charge in [0, 0.05) is 35.1 Å². The monoisotopic (exact) mass is 504 g/mol. The average Bonchev–Trinajstić information content (AvgIpc) is 3.64. The Kier molecular flexibility index (Phi) is 6.12. The van der Waals surface area contributed by atoms with Crippen LogP contribution in [-0.2, 0) is 4.79 Å². The van der Waals surface area contributed by atoms with E-state index >= 15 is 0 Å². The molecule has 1 N–H and O–H groups in total. The molecule has 2 aliphatic heterocycles. The average molecular weight is 505 g/mol. The highest BCUT2D eigenvalue weighted by atomic mass is 32.1. The van der Waals surface area contributed by atoms with E-state index in [1.54, 1.807) is 6.33 Å². The van der Waals surface area contributed by atoms with Gasteiger partial charge in [-0.1, -0.05) is 13.8 Å². The van der Waals surface area contributed by atoms with Crippen molar-refractivity contribution in [2.24, 2.45) is 0 Å². The third-order valence-electron chi connectivity index (χ3n) is 8.16. The summed E-state index contributed by atoms with van der Waals surface area (Å²) in [5.41, 5.74) is 7.19. The second-order valence-electron chi connectivity index (χ2n) is 10.9. The fourth-order valence-electron chi connectivity index (χ4n) is 6.30. The van der Waals surface area contributed by atoms with Gasteiger partial charge in [0.1, 0.15) is 11.2 Å². The molecule has 2 aliphatic rings. The summed E-state index contributed by atoms with van der Waals surface area (Å²) in [6.07, 6.45) is 8.28. The van der Waals surface area contributed by atoms with E-state index in [1.807, 2.05) is 15.9 Å². The molecule has 6 rings (SSSR count). The summed E-state index contributed by atoms with van der Waals surface area (Å²) in [6.45, 7) is 13.5. The van der Waals surface area contributed by atoms with Gasteiger partial charge in [-0.15, -0.1) is 11.3 Å². The molecule has 190 valence electrons. The Labute approximate surface area is 216 Å². The highest BCUT2D eigenvalue weighted by Crippen LogP contribution is 2.45. The lowest BCUT2D eigenvalue weighted by molar-refractivity contribution is -0.133. The molecule has 2 saturated heterocycles. The van der Waals surface area contributed by atoms with Gasteiger partial charge in [0.25, 0.3) is 0 Å². The van der Waals surface area contributed by atoms with E-state index in [1.165, 1.54) is 44.8 Å². The van der Waals surface area contributed by atoms with Crippen molar-refractivity contribution < 1.29 is 4.79 Å². The molecule has 4 aromatic heterocycles. The van der Waals surface area contributed by atoms with Crippen LogP contribution in [0, 0.1) is 13.8 Å². The molecule has 7 nitrogen and oxygen atoms in total. The van der Waals surface area contributed by atoms with E-state index in [9.17, 15) is 4.79 Å². The van der Waals surface area contributed by atoms with Gasteiger partial charge in [-0.3, -0.25) is 9.69 Å². The van der Waals surface area contributed by atoms with E-state index in [0.29, 0.717) is 24.3 Å². The van der Waals surface area contributed by atoms with Crippen molar-refractivity contribution in [2.45, 2.75) is 65.2 Å². The molecule has 0 aromatic carbocycles. The molecule has 36 heavy (non-hydrogen) atoms. The van der Waals surface area contributed by atoms with Crippen molar-refractivity contribution in [2.75, 3.05) is 32.7 Å². The van der Waals surface area contributed by atoms with Crippen LogP contribution in [0.4, 0.5) is 0 Å². The smallest absolute Gasteiger partial charge is 0.236 e. The summed E-state index contributed by atoms with van der Waals surface area (Å²) >= 11 is 1.92. The summed E-state index contributed by atoms with van der Waals surface area (Å²) in [7, 11) is 0. The van der Waals surface area contributed by atoms with Gasteiger partial charge in [0.2, 0.25) is 5.91 Å². The minimum atomic E-state index is 0.316. The Morgan fingerprint density at radius 3 is 2.64 bits per heavy atom. The molecular formula is C28H36N6OS. The predicted octanol–water partition coefficient (Wildman–Crippen LogP) is 5.48. The van der Waals surface area contributed by atoms with Crippen molar-refractivity contribution in [1.82, 2.24) is 29.4 Å². The number of aromatic nitrogens is 4. The van der Waals surface area contributed by atoms with Crippen LogP contribution >= 0.6 is 11.3 Å². The normalized spacial score (nSPS) is 17.9. The first kappa shape index (κ1) is 23.7. The van der Waals surface area contributed by atoms with Crippen LogP contribution in [0.15, 0.2) is 18.6 Å². The van der Waals surface area contributed by atoms with Gasteiger partial charge in [-0.2, -0.15) is 5.10 Å². The van der Waals surface area contributed by atoms with Crippen LogP contribution < -0.4 is 0 Å². The number of H-pyrrole nitrogens is 1. The van der Waals surface area contributed by atoms with Crippen LogP contribution in [0.3, 0.4) is 0 Å². The van der Waals surface area contributed by atoms with E-state index in [4.69, 9.17) is 0 Å². The van der Waals surface area contributed by atoms with Crippen molar-refractivity contribution in [1.29, 1.82) is 0 Å². The molecule has 8 heteroatoms. The van der Waals surface area contributed by atoms with Crippen LogP contribution in [0.2, 0.25) is 0 Å². The number of nitrogens with one attached hydrogen (secondary N) is 1. The zero-order valence-electron chi connectivity index (χ0n) is 21.8. The van der Waals surface area contributed by atoms with Crippen molar-refractivity contribution in [3.8, 4) is 11.3 Å². The van der Waals surface area contributed by atoms with Crippen molar-refractivity contribution in [3.05, 3.63) is 40.2 Å². The standard InChI is InChI=1S/C28H36N6OS/c1-17(2)23-24-19(4)26(20-7-11-33(12-8-20)22(35)15-32-9-5-6-10-32)36-28(24)31-25(23)21-13-18(3)27-29-16-30-34(27)14-21/h13-14,16-17,20,31H,5-12,15H2,1-4H3. The van der Waals surface area contributed by atoms with Gasteiger partial charge >= 0.3 is 0 Å². The number of nitrogens with zero attached hydrogens (tertiary/aromatic N) is 5. The van der Waals surface area contributed by atoms with Gasteiger partial charge in [0.15, 0.2) is 5.65 Å². The molecule has 1 amide bonds. The van der Waals surface area contributed by atoms with E-state index in [0.717, 1.165) is 55.8 Å². The summed E-state index contributed by atoms with van der Waals surface area (Å²) < 4.78 is 1.88. The molecule has 2 fully saturated rings. The fourth-order valence-corrected chi connectivity index (χ4v) is 7.69. The number of likely N-dealkylation sites (tertiary alicyclic amines) is 2.